The lowest BCUT2D eigenvalue weighted by Crippen LogP contribution is -2.13. The first kappa shape index (κ1) is 11.7. The van der Waals surface area contributed by atoms with Crippen LogP contribution in [0.4, 0.5) is 4.39 Å². The monoisotopic (exact) mass is 235 g/mol. The third kappa shape index (κ3) is 2.17. The Labute approximate surface area is 99.0 Å². The third-order valence-corrected chi connectivity index (χ3v) is 2.73. The van der Waals surface area contributed by atoms with E-state index >= 15 is 0 Å². The van der Waals surface area contributed by atoms with Gasteiger partial charge >= 0.3 is 0 Å². The highest BCUT2D eigenvalue weighted by molar-refractivity contribution is 5.35. The number of nitrogens with two attached hydrogens (primary N) is 1. The predicted molar refractivity (Wildman–Crippen MR) is 62.4 cm³/mol. The van der Waals surface area contributed by atoms with E-state index < -0.39 is 11.9 Å². The Hall–Kier alpha value is -1.81. The second-order valence-corrected chi connectivity index (χ2v) is 3.83. The van der Waals surface area contributed by atoms with E-state index in [1.54, 1.807) is 24.5 Å². The van der Waals surface area contributed by atoms with Gasteiger partial charge in [0, 0.05) is 11.6 Å². The SMILES string of the molecule is COc1ccc(C(N)c2occc2C)c(F)c1. The Morgan fingerprint density at radius 2 is 2.12 bits per heavy atom. The van der Waals surface area contributed by atoms with Crippen molar-refractivity contribution in [1.82, 2.24) is 0 Å². The van der Waals surface area contributed by atoms with E-state index in [-0.39, 0.29) is 0 Å². The molecule has 17 heavy (non-hydrogen) atoms. The maximum Gasteiger partial charge on any atom is 0.132 e. The van der Waals surface area contributed by atoms with Gasteiger partial charge < -0.3 is 14.9 Å². The molecule has 0 aliphatic rings. The fourth-order valence-corrected chi connectivity index (χ4v) is 1.73. The summed E-state index contributed by atoms with van der Waals surface area (Å²) in [5.74, 6) is 0.649. The van der Waals surface area contributed by atoms with Gasteiger partial charge in [-0.05, 0) is 24.6 Å². The summed E-state index contributed by atoms with van der Waals surface area (Å²) in [7, 11) is 1.49. The third-order valence-electron chi connectivity index (χ3n) is 2.73. The summed E-state index contributed by atoms with van der Waals surface area (Å²) in [4.78, 5) is 0. The lowest BCUT2D eigenvalue weighted by atomic mass is 10.0. The minimum Gasteiger partial charge on any atom is -0.497 e. The van der Waals surface area contributed by atoms with E-state index in [1.807, 2.05) is 6.92 Å². The minimum absolute atomic E-state index is 0.392. The van der Waals surface area contributed by atoms with E-state index in [0.717, 1.165) is 5.56 Å². The van der Waals surface area contributed by atoms with Crippen LogP contribution in [0, 0.1) is 12.7 Å². The largest absolute Gasteiger partial charge is 0.497 e. The van der Waals surface area contributed by atoms with Crippen molar-refractivity contribution in [2.75, 3.05) is 7.11 Å². The molecule has 0 aliphatic carbocycles. The van der Waals surface area contributed by atoms with Crippen LogP contribution in [0.2, 0.25) is 0 Å². The Morgan fingerprint density at radius 1 is 1.35 bits per heavy atom. The zero-order valence-electron chi connectivity index (χ0n) is 9.74. The van der Waals surface area contributed by atoms with Crippen LogP contribution < -0.4 is 10.5 Å². The smallest absolute Gasteiger partial charge is 0.132 e. The Morgan fingerprint density at radius 3 is 2.65 bits per heavy atom. The van der Waals surface area contributed by atoms with Crippen LogP contribution in [0.25, 0.3) is 0 Å². The lowest BCUT2D eigenvalue weighted by Gasteiger charge is -2.12. The highest BCUT2D eigenvalue weighted by Gasteiger charge is 2.18. The number of rotatable bonds is 3. The van der Waals surface area contributed by atoms with Crippen molar-refractivity contribution in [3.05, 3.63) is 53.2 Å². The van der Waals surface area contributed by atoms with Crippen molar-refractivity contribution in [3.63, 3.8) is 0 Å². The number of hydrogen-bond acceptors (Lipinski definition) is 3. The molecule has 4 heteroatoms. The summed E-state index contributed by atoms with van der Waals surface area (Å²) in [6.45, 7) is 1.88. The number of aryl methyl sites for hydroxylation is 1. The molecular weight excluding hydrogens is 221 g/mol. The van der Waals surface area contributed by atoms with Crippen molar-refractivity contribution >= 4 is 0 Å². The van der Waals surface area contributed by atoms with E-state index in [0.29, 0.717) is 17.1 Å². The first-order valence-corrected chi connectivity index (χ1v) is 5.26. The van der Waals surface area contributed by atoms with Gasteiger partial charge in [-0.25, -0.2) is 4.39 Å². The summed E-state index contributed by atoms with van der Waals surface area (Å²) >= 11 is 0. The maximum atomic E-state index is 13.8. The first-order chi connectivity index (χ1) is 8.13. The van der Waals surface area contributed by atoms with Crippen molar-refractivity contribution < 1.29 is 13.5 Å². The van der Waals surface area contributed by atoms with Gasteiger partial charge in [0.25, 0.3) is 0 Å². The first-order valence-electron chi connectivity index (χ1n) is 5.26. The van der Waals surface area contributed by atoms with Crippen molar-refractivity contribution in [2.24, 2.45) is 5.73 Å². The lowest BCUT2D eigenvalue weighted by molar-refractivity contribution is 0.409. The molecule has 1 aromatic heterocycles. The number of methoxy groups -OCH3 is 1. The molecule has 3 nitrogen and oxygen atoms in total. The fraction of sp³-hybridized carbons (Fsp3) is 0.231. The number of ether oxygens (including phenoxy) is 1. The molecule has 1 heterocycles. The Bertz CT molecular complexity index is 522. The molecule has 0 fully saturated rings. The molecule has 0 aliphatic heterocycles. The molecule has 0 bridgehead atoms. The van der Waals surface area contributed by atoms with Gasteiger partial charge in [0.05, 0.1) is 19.4 Å². The molecule has 1 unspecified atom stereocenters. The topological polar surface area (TPSA) is 48.4 Å². The number of halogens is 1. The molecule has 2 rings (SSSR count). The van der Waals surface area contributed by atoms with Gasteiger partial charge in [-0.3, -0.25) is 0 Å². The molecule has 0 amide bonds. The van der Waals surface area contributed by atoms with Crippen molar-refractivity contribution in [1.29, 1.82) is 0 Å². The van der Waals surface area contributed by atoms with Crippen LogP contribution >= 0.6 is 0 Å². The highest BCUT2D eigenvalue weighted by atomic mass is 19.1. The van der Waals surface area contributed by atoms with Crippen molar-refractivity contribution in [2.45, 2.75) is 13.0 Å². The molecule has 2 aromatic rings. The molecule has 2 N–H and O–H groups in total. The molecule has 0 radical (unpaired) electrons. The maximum absolute atomic E-state index is 13.8. The second kappa shape index (κ2) is 4.59. The summed E-state index contributed by atoms with van der Waals surface area (Å²) in [6.07, 6.45) is 1.55. The average molecular weight is 235 g/mol. The zero-order chi connectivity index (χ0) is 12.4. The Balaban J connectivity index is 2.38. The molecule has 0 saturated carbocycles. The predicted octanol–water partition coefficient (Wildman–Crippen LogP) is 2.78. The van der Waals surface area contributed by atoms with Crippen molar-refractivity contribution in [3.8, 4) is 5.75 Å². The second-order valence-electron chi connectivity index (χ2n) is 3.83. The summed E-state index contributed by atoms with van der Waals surface area (Å²) in [5.41, 5.74) is 7.28. The molecule has 0 saturated heterocycles. The van der Waals surface area contributed by atoms with Crippen LogP contribution in [0.5, 0.6) is 5.75 Å². The minimum atomic E-state index is -0.601. The molecule has 1 aromatic carbocycles. The van der Waals surface area contributed by atoms with Crippen LogP contribution in [-0.4, -0.2) is 7.11 Å². The van der Waals surface area contributed by atoms with Gasteiger partial charge in [0.1, 0.15) is 17.3 Å². The molecule has 1 atom stereocenters. The normalized spacial score (nSPS) is 12.5. The number of furan rings is 1. The highest BCUT2D eigenvalue weighted by Crippen LogP contribution is 2.27. The van der Waals surface area contributed by atoms with Crippen LogP contribution in [-0.2, 0) is 0 Å². The van der Waals surface area contributed by atoms with E-state index in [4.69, 9.17) is 14.9 Å². The van der Waals surface area contributed by atoms with Gasteiger partial charge in [0.2, 0.25) is 0 Å². The van der Waals surface area contributed by atoms with E-state index in [2.05, 4.69) is 0 Å². The molecule has 0 spiro atoms. The average Bonchev–Trinajstić information content (AvgIpc) is 2.74. The number of benzene rings is 1. The summed E-state index contributed by atoms with van der Waals surface area (Å²) in [6, 6.07) is 5.80. The Kier molecular flexibility index (Phi) is 3.15. The van der Waals surface area contributed by atoms with Gasteiger partial charge in [-0.1, -0.05) is 6.07 Å². The number of hydrogen-bond donors (Lipinski definition) is 1. The molecular formula is C13H14FNO2. The van der Waals surface area contributed by atoms with Gasteiger partial charge in [-0.15, -0.1) is 0 Å². The summed E-state index contributed by atoms with van der Waals surface area (Å²) in [5, 5.41) is 0. The quantitative estimate of drug-likeness (QED) is 0.889. The van der Waals surface area contributed by atoms with E-state index in [9.17, 15) is 4.39 Å². The standard InChI is InChI=1S/C13H14FNO2/c1-8-5-6-17-13(8)12(15)10-4-3-9(16-2)7-11(10)14/h3-7,12H,15H2,1-2H3. The molecule has 90 valence electrons. The fourth-order valence-electron chi connectivity index (χ4n) is 1.73. The zero-order valence-corrected chi connectivity index (χ0v) is 9.74. The van der Waals surface area contributed by atoms with Crippen LogP contribution in [0.3, 0.4) is 0 Å². The van der Waals surface area contributed by atoms with Gasteiger partial charge in [-0.2, -0.15) is 0 Å². The van der Waals surface area contributed by atoms with Crippen LogP contribution in [0.1, 0.15) is 22.9 Å². The van der Waals surface area contributed by atoms with E-state index in [1.165, 1.54) is 13.2 Å². The van der Waals surface area contributed by atoms with Gasteiger partial charge in [0.15, 0.2) is 0 Å². The summed E-state index contributed by atoms with van der Waals surface area (Å²) < 4.78 is 24.0. The van der Waals surface area contributed by atoms with Crippen LogP contribution in [0.15, 0.2) is 34.9 Å².